The molecule has 1 fully saturated rings. The van der Waals surface area contributed by atoms with Crippen LogP contribution in [0.3, 0.4) is 0 Å². The van der Waals surface area contributed by atoms with Crippen molar-refractivity contribution in [1.29, 1.82) is 0 Å². The van der Waals surface area contributed by atoms with Crippen LogP contribution < -0.4 is 10.5 Å². The summed E-state index contributed by atoms with van der Waals surface area (Å²) in [5, 5.41) is 5.49. The van der Waals surface area contributed by atoms with Crippen molar-refractivity contribution >= 4 is 22.5 Å². The number of para-hydroxylation sites is 1. The van der Waals surface area contributed by atoms with Gasteiger partial charge < -0.3 is 15.2 Å². The molecule has 7 heteroatoms. The monoisotopic (exact) mass is 347 g/mol. The third-order valence-electron chi connectivity index (χ3n) is 4.78. The number of hydrogen-bond donors (Lipinski definition) is 1. The smallest absolute Gasteiger partial charge is 0.223 e. The van der Waals surface area contributed by atoms with E-state index in [0.29, 0.717) is 23.3 Å². The van der Waals surface area contributed by atoms with Gasteiger partial charge in [0, 0.05) is 16.9 Å². The molecule has 2 aromatic carbocycles. The van der Waals surface area contributed by atoms with Crippen molar-refractivity contribution in [3.05, 3.63) is 48.0 Å². The molecule has 7 nitrogen and oxygen atoms in total. The molecule has 0 unspecified atom stereocenters. The van der Waals surface area contributed by atoms with E-state index in [9.17, 15) is 0 Å². The Bertz CT molecular complexity index is 1120. The predicted octanol–water partition coefficient (Wildman–Crippen LogP) is 2.65. The van der Waals surface area contributed by atoms with E-state index in [1.165, 1.54) is 0 Å². The second-order valence-electron chi connectivity index (χ2n) is 6.35. The molecule has 2 N–H and O–H groups in total. The molecule has 0 aliphatic carbocycles. The SMILES string of the molecule is COc1ccc(-c2nc3c4cccc(C5COC5)c4nc(N)n3n2)cc1. The number of nitrogens with two attached hydrogens (primary N) is 1. The molecule has 1 saturated heterocycles. The molecule has 26 heavy (non-hydrogen) atoms. The molecule has 0 amide bonds. The minimum Gasteiger partial charge on any atom is -0.497 e. The van der Waals surface area contributed by atoms with Crippen molar-refractivity contribution in [3.63, 3.8) is 0 Å². The van der Waals surface area contributed by atoms with Crippen LogP contribution in [-0.2, 0) is 4.74 Å². The third kappa shape index (κ3) is 2.21. The zero-order valence-electron chi connectivity index (χ0n) is 14.2. The Kier molecular flexibility index (Phi) is 3.29. The summed E-state index contributed by atoms with van der Waals surface area (Å²) in [6.45, 7) is 1.44. The largest absolute Gasteiger partial charge is 0.497 e. The number of benzene rings is 2. The number of fused-ring (bicyclic) bond motifs is 3. The van der Waals surface area contributed by atoms with Crippen LogP contribution in [0.5, 0.6) is 5.75 Å². The van der Waals surface area contributed by atoms with Gasteiger partial charge in [0.2, 0.25) is 5.95 Å². The van der Waals surface area contributed by atoms with Crippen molar-refractivity contribution in [2.75, 3.05) is 26.1 Å². The van der Waals surface area contributed by atoms with Crippen LogP contribution in [-0.4, -0.2) is 39.9 Å². The number of rotatable bonds is 3. The number of hydrogen-bond acceptors (Lipinski definition) is 6. The van der Waals surface area contributed by atoms with Gasteiger partial charge in [0.1, 0.15) is 5.75 Å². The fourth-order valence-electron chi connectivity index (χ4n) is 3.28. The van der Waals surface area contributed by atoms with Crippen LogP contribution in [0.25, 0.3) is 27.9 Å². The number of methoxy groups -OCH3 is 1. The minimum atomic E-state index is 0.326. The van der Waals surface area contributed by atoms with Crippen molar-refractivity contribution in [1.82, 2.24) is 19.6 Å². The minimum absolute atomic E-state index is 0.326. The first-order valence-corrected chi connectivity index (χ1v) is 8.41. The Morgan fingerprint density at radius 3 is 2.62 bits per heavy atom. The van der Waals surface area contributed by atoms with Crippen molar-refractivity contribution in [2.24, 2.45) is 0 Å². The first-order valence-electron chi connectivity index (χ1n) is 8.41. The van der Waals surface area contributed by atoms with Gasteiger partial charge in [0.15, 0.2) is 11.5 Å². The molecular weight excluding hydrogens is 330 g/mol. The maximum absolute atomic E-state index is 6.19. The van der Waals surface area contributed by atoms with Crippen molar-refractivity contribution < 1.29 is 9.47 Å². The van der Waals surface area contributed by atoms with Gasteiger partial charge in [-0.2, -0.15) is 4.52 Å². The Hall–Kier alpha value is -3.19. The standard InChI is InChI=1S/C19H17N5O2/c1-25-13-7-5-11(6-8-13)17-22-18-15-4-2-3-14(12-9-26-10-12)16(15)21-19(20)24(18)23-17/h2-8,12H,9-10H2,1H3,(H2,20,21). The fraction of sp³-hybridized carbons (Fsp3) is 0.211. The summed E-state index contributed by atoms with van der Waals surface area (Å²) in [5.74, 6) is 2.08. The Morgan fingerprint density at radius 2 is 1.92 bits per heavy atom. The highest BCUT2D eigenvalue weighted by atomic mass is 16.5. The maximum atomic E-state index is 6.19. The van der Waals surface area contributed by atoms with Gasteiger partial charge >= 0.3 is 0 Å². The van der Waals surface area contributed by atoms with Gasteiger partial charge in [-0.15, -0.1) is 5.10 Å². The number of ether oxygens (including phenoxy) is 2. The predicted molar refractivity (Wildman–Crippen MR) is 98.2 cm³/mol. The molecule has 130 valence electrons. The van der Waals surface area contributed by atoms with E-state index < -0.39 is 0 Å². The van der Waals surface area contributed by atoms with Gasteiger partial charge in [-0.25, -0.2) is 9.97 Å². The van der Waals surface area contributed by atoms with Crippen LogP contribution in [0.15, 0.2) is 42.5 Å². The van der Waals surface area contributed by atoms with Crippen LogP contribution in [0.2, 0.25) is 0 Å². The lowest BCUT2D eigenvalue weighted by atomic mass is 9.95. The van der Waals surface area contributed by atoms with Gasteiger partial charge in [-0.1, -0.05) is 12.1 Å². The summed E-state index contributed by atoms with van der Waals surface area (Å²) < 4.78 is 12.1. The molecule has 5 rings (SSSR count). The Morgan fingerprint density at radius 1 is 1.12 bits per heavy atom. The molecule has 0 saturated carbocycles. The van der Waals surface area contributed by atoms with E-state index in [1.54, 1.807) is 11.6 Å². The highest BCUT2D eigenvalue weighted by Gasteiger charge is 2.24. The van der Waals surface area contributed by atoms with Gasteiger partial charge in [-0.05, 0) is 35.9 Å². The summed E-state index contributed by atoms with van der Waals surface area (Å²) in [7, 11) is 1.64. The summed E-state index contributed by atoms with van der Waals surface area (Å²) >= 11 is 0. The van der Waals surface area contributed by atoms with E-state index in [0.717, 1.165) is 41.0 Å². The van der Waals surface area contributed by atoms with E-state index >= 15 is 0 Å². The van der Waals surface area contributed by atoms with Gasteiger partial charge in [0.05, 0.1) is 25.8 Å². The topological polar surface area (TPSA) is 87.6 Å². The summed E-state index contributed by atoms with van der Waals surface area (Å²) in [5.41, 5.74) is 9.81. The first kappa shape index (κ1) is 15.1. The molecule has 0 bridgehead atoms. The van der Waals surface area contributed by atoms with E-state index in [-0.39, 0.29) is 0 Å². The fourth-order valence-corrected chi connectivity index (χ4v) is 3.28. The second kappa shape index (κ2) is 5.67. The van der Waals surface area contributed by atoms with Crippen LogP contribution in [0, 0.1) is 0 Å². The quantitative estimate of drug-likeness (QED) is 0.613. The average molecular weight is 347 g/mol. The van der Waals surface area contributed by atoms with Crippen LogP contribution >= 0.6 is 0 Å². The van der Waals surface area contributed by atoms with E-state index in [2.05, 4.69) is 16.1 Å². The Labute approximate surface area is 149 Å². The Balaban J connectivity index is 1.71. The second-order valence-corrected chi connectivity index (χ2v) is 6.35. The first-order chi connectivity index (χ1) is 12.7. The molecule has 2 aromatic heterocycles. The number of aromatic nitrogens is 4. The molecule has 3 heterocycles. The van der Waals surface area contributed by atoms with E-state index in [4.69, 9.17) is 20.2 Å². The number of nitrogen functional groups attached to an aromatic ring is 1. The normalized spacial score (nSPS) is 14.7. The summed E-state index contributed by atoms with van der Waals surface area (Å²) in [6, 6.07) is 13.7. The van der Waals surface area contributed by atoms with Gasteiger partial charge in [-0.3, -0.25) is 0 Å². The molecule has 1 aliphatic rings. The van der Waals surface area contributed by atoms with Crippen molar-refractivity contribution in [2.45, 2.75) is 5.92 Å². The van der Waals surface area contributed by atoms with E-state index in [1.807, 2.05) is 36.4 Å². The maximum Gasteiger partial charge on any atom is 0.223 e. The highest BCUT2D eigenvalue weighted by molar-refractivity contribution is 5.95. The zero-order valence-corrected chi connectivity index (χ0v) is 14.2. The lowest BCUT2D eigenvalue weighted by Crippen LogP contribution is -2.25. The summed E-state index contributed by atoms with van der Waals surface area (Å²) in [4.78, 5) is 9.34. The lowest BCUT2D eigenvalue weighted by Gasteiger charge is -2.27. The zero-order chi connectivity index (χ0) is 17.7. The average Bonchev–Trinajstić information content (AvgIpc) is 3.07. The molecule has 1 aliphatic heterocycles. The molecular formula is C19H17N5O2. The number of anilines is 1. The molecule has 4 aromatic rings. The summed E-state index contributed by atoms with van der Waals surface area (Å²) in [6.07, 6.45) is 0. The number of nitrogens with zero attached hydrogens (tertiary/aromatic N) is 4. The lowest BCUT2D eigenvalue weighted by molar-refractivity contribution is 0.00893. The third-order valence-corrected chi connectivity index (χ3v) is 4.78. The molecule has 0 spiro atoms. The molecule has 0 radical (unpaired) electrons. The van der Waals surface area contributed by atoms with Crippen LogP contribution in [0.4, 0.5) is 5.95 Å². The van der Waals surface area contributed by atoms with Gasteiger partial charge in [0.25, 0.3) is 0 Å². The van der Waals surface area contributed by atoms with Crippen LogP contribution in [0.1, 0.15) is 11.5 Å². The van der Waals surface area contributed by atoms with Crippen molar-refractivity contribution in [3.8, 4) is 17.1 Å². The highest BCUT2D eigenvalue weighted by Crippen LogP contribution is 2.32. The molecule has 0 atom stereocenters.